The fraction of sp³-hybridized carbons (Fsp3) is 0.480. The van der Waals surface area contributed by atoms with Crippen LogP contribution < -0.4 is 9.47 Å². The Balaban J connectivity index is 1.66. The Labute approximate surface area is 177 Å². The van der Waals surface area contributed by atoms with Crippen LogP contribution in [-0.2, 0) is 6.54 Å². The lowest BCUT2D eigenvalue weighted by atomic mass is 10.1. The number of aromatic nitrogens is 1. The summed E-state index contributed by atoms with van der Waals surface area (Å²) in [6, 6.07) is 13.0. The van der Waals surface area contributed by atoms with Crippen molar-refractivity contribution in [2.45, 2.75) is 57.9 Å². The van der Waals surface area contributed by atoms with E-state index in [1.54, 1.807) is 0 Å². The van der Waals surface area contributed by atoms with E-state index in [0.29, 0.717) is 0 Å². The average Bonchev–Trinajstić information content (AvgIpc) is 2.72. The van der Waals surface area contributed by atoms with Gasteiger partial charge < -0.3 is 4.90 Å². The van der Waals surface area contributed by atoms with Crippen LogP contribution in [-0.4, -0.2) is 19.8 Å². The first kappa shape index (κ1) is 22.5. The number of thiol groups is 1. The quantitative estimate of drug-likeness (QED) is 0.238. The van der Waals surface area contributed by atoms with Crippen LogP contribution in [0, 0.1) is 0 Å². The molecule has 2 rings (SSSR count). The maximum absolute atomic E-state index is 4.26. The van der Waals surface area contributed by atoms with E-state index in [1.165, 1.54) is 68.2 Å². The summed E-state index contributed by atoms with van der Waals surface area (Å²) in [4.78, 5) is 2.12. The molecule has 0 atom stereocenters. The molecule has 0 N–H and O–H groups in total. The molecule has 0 fully saturated rings. The Morgan fingerprint density at radius 1 is 0.714 bits per heavy atom. The van der Waals surface area contributed by atoms with Crippen molar-refractivity contribution in [3.8, 4) is 0 Å². The van der Waals surface area contributed by atoms with E-state index >= 15 is 0 Å². The van der Waals surface area contributed by atoms with Crippen LogP contribution in [0.5, 0.6) is 0 Å². The van der Waals surface area contributed by atoms with E-state index in [4.69, 9.17) is 0 Å². The second-order valence-corrected chi connectivity index (χ2v) is 8.19. The van der Waals surface area contributed by atoms with Crippen LogP contribution in [0.25, 0.3) is 12.2 Å². The number of rotatable bonds is 13. The topological polar surface area (TPSA) is 7.12 Å². The third-order valence-corrected chi connectivity index (χ3v) is 5.44. The Kier molecular flexibility index (Phi) is 10.8. The number of benzene rings is 1. The Morgan fingerprint density at radius 2 is 1.21 bits per heavy atom. The van der Waals surface area contributed by atoms with Gasteiger partial charge in [0.25, 0.3) is 0 Å². The number of nitrogens with zero attached hydrogens (tertiary/aromatic N) is 2. The maximum Gasteiger partial charge on any atom is 0.169 e. The third-order valence-electron chi connectivity index (χ3n) is 5.12. The first-order chi connectivity index (χ1) is 13.7. The Morgan fingerprint density at radius 3 is 1.75 bits per heavy atom. The van der Waals surface area contributed by atoms with Crippen LogP contribution in [0.2, 0.25) is 0 Å². The van der Waals surface area contributed by atoms with E-state index in [9.17, 15) is 0 Å². The minimum atomic E-state index is 1.04. The van der Waals surface area contributed by atoms with Gasteiger partial charge in [-0.3, -0.25) is 0 Å². The van der Waals surface area contributed by atoms with Crippen molar-refractivity contribution >= 4 is 30.5 Å². The molecule has 1 heterocycles. The predicted molar refractivity (Wildman–Crippen MR) is 127 cm³/mol. The van der Waals surface area contributed by atoms with Crippen LogP contribution >= 0.6 is 12.6 Å². The summed E-state index contributed by atoms with van der Waals surface area (Å²) in [5, 5.41) is 0. The van der Waals surface area contributed by atoms with Crippen molar-refractivity contribution in [1.29, 1.82) is 0 Å². The highest BCUT2D eigenvalue weighted by Gasteiger charge is 2.00. The van der Waals surface area contributed by atoms with Crippen LogP contribution in [0.3, 0.4) is 0 Å². The lowest BCUT2D eigenvalue weighted by molar-refractivity contribution is -0.697. The summed E-state index contributed by atoms with van der Waals surface area (Å²) in [6.45, 7) is 1.12. The molecular weight excluding hydrogens is 360 g/mol. The molecule has 152 valence electrons. The highest BCUT2D eigenvalue weighted by Crippen LogP contribution is 2.14. The molecule has 0 unspecified atom stereocenters. The van der Waals surface area contributed by atoms with Gasteiger partial charge in [0, 0.05) is 38.3 Å². The van der Waals surface area contributed by atoms with E-state index in [0.717, 1.165) is 12.3 Å². The minimum Gasteiger partial charge on any atom is -0.378 e. The molecule has 0 saturated heterocycles. The van der Waals surface area contributed by atoms with Gasteiger partial charge in [0.1, 0.15) is 6.54 Å². The molecule has 2 aromatic rings. The maximum atomic E-state index is 4.26. The minimum absolute atomic E-state index is 1.04. The van der Waals surface area contributed by atoms with Crippen molar-refractivity contribution in [3.63, 3.8) is 0 Å². The molecule has 0 radical (unpaired) electrons. The fourth-order valence-electron chi connectivity index (χ4n) is 3.27. The molecule has 0 saturated carbocycles. The molecule has 0 bridgehead atoms. The molecule has 2 nitrogen and oxygen atoms in total. The van der Waals surface area contributed by atoms with Crippen molar-refractivity contribution in [2.24, 2.45) is 0 Å². The van der Waals surface area contributed by atoms with Crippen LogP contribution in [0.1, 0.15) is 62.5 Å². The summed E-state index contributed by atoms with van der Waals surface area (Å²) in [5.74, 6) is 1.04. The second-order valence-electron chi connectivity index (χ2n) is 7.74. The van der Waals surface area contributed by atoms with E-state index < -0.39 is 0 Å². The van der Waals surface area contributed by atoms with Gasteiger partial charge >= 0.3 is 0 Å². The zero-order chi connectivity index (χ0) is 20.0. The van der Waals surface area contributed by atoms with Crippen molar-refractivity contribution in [3.05, 3.63) is 59.9 Å². The second kappa shape index (κ2) is 13.4. The molecule has 1 aromatic carbocycles. The number of pyridine rings is 1. The zero-order valence-corrected chi connectivity index (χ0v) is 18.6. The van der Waals surface area contributed by atoms with Gasteiger partial charge in [-0.1, -0.05) is 56.4 Å². The smallest absolute Gasteiger partial charge is 0.169 e. The molecule has 0 amide bonds. The van der Waals surface area contributed by atoms with Crippen LogP contribution in [0.4, 0.5) is 5.69 Å². The lowest BCUT2D eigenvalue weighted by Crippen LogP contribution is -2.32. The number of hydrogen-bond donors (Lipinski definition) is 1. The molecule has 0 aliphatic carbocycles. The SMILES string of the molecule is CN(C)c1ccc(C=Cc2cc[n+](CCCCCCCCCCS)cc2)cc1. The first-order valence-corrected chi connectivity index (χ1v) is 11.4. The number of hydrogen-bond acceptors (Lipinski definition) is 2. The van der Waals surface area contributed by atoms with Gasteiger partial charge in [0.05, 0.1) is 0 Å². The fourth-order valence-corrected chi connectivity index (χ4v) is 3.50. The molecule has 0 spiro atoms. The number of aryl methyl sites for hydroxylation is 1. The molecule has 3 heteroatoms. The normalized spacial score (nSPS) is 11.2. The Bertz CT molecular complexity index is 675. The zero-order valence-electron chi connectivity index (χ0n) is 17.7. The van der Waals surface area contributed by atoms with E-state index in [2.05, 4.69) is 97.1 Å². The molecule has 0 aliphatic rings. The summed E-state index contributed by atoms with van der Waals surface area (Å²) in [5.41, 5.74) is 3.70. The molecule has 1 aromatic heterocycles. The standard InChI is InChI=1S/C25H36N2S/c1-26(2)25-15-13-23(14-16-25)11-12-24-17-20-27(21-18-24)19-9-7-5-3-4-6-8-10-22-28/h11-18,20-21H,3-10,19,22H2,1-2H3/p+1. The number of unbranched alkanes of at least 4 members (excludes halogenated alkanes) is 7. The highest BCUT2D eigenvalue weighted by atomic mass is 32.1. The average molecular weight is 398 g/mol. The van der Waals surface area contributed by atoms with Crippen molar-refractivity contribution in [1.82, 2.24) is 0 Å². The summed E-state index contributed by atoms with van der Waals surface area (Å²) >= 11 is 4.26. The molecular formula is C25H37N2S+. The first-order valence-electron chi connectivity index (χ1n) is 10.7. The summed E-state index contributed by atoms with van der Waals surface area (Å²) in [7, 11) is 4.13. The van der Waals surface area contributed by atoms with Gasteiger partial charge in [-0.05, 0) is 41.9 Å². The predicted octanol–water partition coefficient (Wildman–Crippen LogP) is 6.26. The van der Waals surface area contributed by atoms with Gasteiger partial charge in [-0.15, -0.1) is 0 Å². The van der Waals surface area contributed by atoms with E-state index in [1.807, 2.05) is 0 Å². The van der Waals surface area contributed by atoms with Crippen molar-refractivity contribution < 1.29 is 4.57 Å². The number of anilines is 1. The molecule has 0 aliphatic heterocycles. The molecule has 28 heavy (non-hydrogen) atoms. The van der Waals surface area contributed by atoms with Gasteiger partial charge in [0.15, 0.2) is 12.4 Å². The van der Waals surface area contributed by atoms with Gasteiger partial charge in [-0.25, -0.2) is 4.57 Å². The Hall–Kier alpha value is -1.74. The van der Waals surface area contributed by atoms with Crippen LogP contribution in [0.15, 0.2) is 48.8 Å². The highest BCUT2D eigenvalue weighted by molar-refractivity contribution is 7.80. The third kappa shape index (κ3) is 8.97. The van der Waals surface area contributed by atoms with Crippen molar-refractivity contribution in [2.75, 3.05) is 24.7 Å². The largest absolute Gasteiger partial charge is 0.378 e. The van der Waals surface area contributed by atoms with Gasteiger partial charge in [0.2, 0.25) is 0 Å². The monoisotopic (exact) mass is 397 g/mol. The summed E-state index contributed by atoms with van der Waals surface area (Å²) in [6.07, 6.45) is 19.5. The van der Waals surface area contributed by atoms with Gasteiger partial charge in [-0.2, -0.15) is 12.6 Å². The summed E-state index contributed by atoms with van der Waals surface area (Å²) < 4.78 is 2.30. The lowest BCUT2D eigenvalue weighted by Gasteiger charge is -2.11. The van der Waals surface area contributed by atoms with E-state index in [-0.39, 0.29) is 0 Å².